The summed E-state index contributed by atoms with van der Waals surface area (Å²) in [6, 6.07) is 6.92. The van der Waals surface area contributed by atoms with Crippen molar-refractivity contribution in [2.45, 2.75) is 13.8 Å². The van der Waals surface area contributed by atoms with Gasteiger partial charge in [-0.1, -0.05) is 12.1 Å². The maximum absolute atomic E-state index is 11.6. The molecule has 0 unspecified atom stereocenters. The van der Waals surface area contributed by atoms with Crippen molar-refractivity contribution < 1.29 is 9.90 Å². The lowest BCUT2D eigenvalue weighted by atomic mass is 10.1. The lowest BCUT2D eigenvalue weighted by Gasteiger charge is -2.01. The molecule has 0 saturated carbocycles. The molecule has 1 heterocycles. The largest absolute Gasteiger partial charge is 0.507 e. The van der Waals surface area contributed by atoms with E-state index in [0.717, 1.165) is 11.3 Å². The minimum Gasteiger partial charge on any atom is -0.507 e. The summed E-state index contributed by atoms with van der Waals surface area (Å²) in [5, 5.41) is 20.0. The highest BCUT2D eigenvalue weighted by atomic mass is 16.3. The number of hydrogen-bond acceptors (Lipinski definition) is 4. The third-order valence-corrected chi connectivity index (χ3v) is 2.58. The van der Waals surface area contributed by atoms with Crippen LogP contribution in [-0.4, -0.2) is 27.4 Å². The molecular formula is C13H14N4O2. The molecule has 0 saturated heterocycles. The average Bonchev–Trinajstić information content (AvgIpc) is 2.81. The van der Waals surface area contributed by atoms with Crippen LogP contribution in [0.15, 0.2) is 29.4 Å². The number of nitrogens with zero attached hydrogens (tertiary/aromatic N) is 2. The Bertz CT molecular complexity index is 631. The second-order valence-corrected chi connectivity index (χ2v) is 4.15. The topological polar surface area (TPSA) is 90.4 Å². The number of aromatic hydroxyl groups is 1. The summed E-state index contributed by atoms with van der Waals surface area (Å²) in [6.07, 6.45) is 1.39. The maximum atomic E-state index is 11.6. The summed E-state index contributed by atoms with van der Waals surface area (Å²) in [7, 11) is 0. The second kappa shape index (κ2) is 5.34. The molecule has 0 radical (unpaired) electrons. The first-order valence-corrected chi connectivity index (χ1v) is 5.72. The van der Waals surface area contributed by atoms with Crippen LogP contribution in [0.1, 0.15) is 27.3 Å². The summed E-state index contributed by atoms with van der Waals surface area (Å²) in [5.74, 6) is -0.260. The van der Waals surface area contributed by atoms with E-state index < -0.39 is 5.91 Å². The van der Waals surface area contributed by atoms with Crippen molar-refractivity contribution in [1.29, 1.82) is 0 Å². The van der Waals surface area contributed by atoms with Crippen molar-refractivity contribution in [2.24, 2.45) is 5.10 Å². The molecule has 1 amide bonds. The van der Waals surface area contributed by atoms with E-state index in [1.165, 1.54) is 6.21 Å². The highest BCUT2D eigenvalue weighted by molar-refractivity contribution is 5.93. The number of phenolic OH excluding ortho intramolecular Hbond substituents is 1. The molecule has 0 bridgehead atoms. The highest BCUT2D eigenvalue weighted by Crippen LogP contribution is 2.19. The van der Waals surface area contributed by atoms with Gasteiger partial charge in [0.1, 0.15) is 5.75 Å². The van der Waals surface area contributed by atoms with Crippen LogP contribution in [-0.2, 0) is 0 Å². The van der Waals surface area contributed by atoms with Crippen LogP contribution in [0.25, 0.3) is 0 Å². The standard InChI is InChI=1S/C13H14N4O2/c1-8-4-3-5-10(12(8)18)7-14-17-13(19)11-6-9(2)15-16-11/h3-7,18H,1-2H3,(H,15,16)(H,17,19). The van der Waals surface area contributed by atoms with Gasteiger partial charge in [-0.15, -0.1) is 0 Å². The zero-order chi connectivity index (χ0) is 13.8. The molecule has 0 atom stereocenters. The van der Waals surface area contributed by atoms with Crippen LogP contribution in [0.2, 0.25) is 0 Å². The van der Waals surface area contributed by atoms with Crippen LogP contribution < -0.4 is 5.43 Å². The summed E-state index contributed by atoms with van der Waals surface area (Å²) < 4.78 is 0. The van der Waals surface area contributed by atoms with E-state index in [1.807, 2.05) is 0 Å². The Balaban J connectivity index is 2.04. The van der Waals surface area contributed by atoms with Crippen molar-refractivity contribution in [3.05, 3.63) is 46.8 Å². The summed E-state index contributed by atoms with van der Waals surface area (Å²) in [5.41, 5.74) is 4.70. The van der Waals surface area contributed by atoms with Gasteiger partial charge in [-0.25, -0.2) is 5.43 Å². The summed E-state index contributed by atoms with van der Waals surface area (Å²) >= 11 is 0. The Labute approximate surface area is 110 Å². The Morgan fingerprint density at radius 3 is 2.95 bits per heavy atom. The van der Waals surface area contributed by atoms with Crippen LogP contribution in [0.4, 0.5) is 0 Å². The highest BCUT2D eigenvalue weighted by Gasteiger charge is 2.07. The van der Waals surface area contributed by atoms with E-state index >= 15 is 0 Å². The number of aromatic amines is 1. The van der Waals surface area contributed by atoms with E-state index in [0.29, 0.717) is 5.56 Å². The predicted octanol–water partition coefficient (Wildman–Crippen LogP) is 1.50. The minimum atomic E-state index is -0.409. The van der Waals surface area contributed by atoms with Crippen molar-refractivity contribution >= 4 is 12.1 Å². The number of phenols is 1. The van der Waals surface area contributed by atoms with Gasteiger partial charge < -0.3 is 5.11 Å². The molecule has 6 nitrogen and oxygen atoms in total. The van der Waals surface area contributed by atoms with Gasteiger partial charge in [0, 0.05) is 11.3 Å². The average molecular weight is 258 g/mol. The number of carbonyl (C=O) groups excluding carboxylic acids is 1. The second-order valence-electron chi connectivity index (χ2n) is 4.15. The molecule has 0 spiro atoms. The number of hydrazone groups is 1. The smallest absolute Gasteiger partial charge is 0.291 e. The van der Waals surface area contributed by atoms with E-state index in [1.54, 1.807) is 38.1 Å². The number of aromatic nitrogens is 2. The molecule has 0 aliphatic rings. The Hall–Kier alpha value is -2.63. The first kappa shape index (κ1) is 12.8. The third-order valence-electron chi connectivity index (χ3n) is 2.58. The molecule has 2 rings (SSSR count). The molecule has 0 aliphatic carbocycles. The number of H-pyrrole nitrogens is 1. The molecular weight excluding hydrogens is 244 g/mol. The van der Waals surface area contributed by atoms with Gasteiger partial charge in [0.05, 0.1) is 6.21 Å². The number of para-hydroxylation sites is 1. The van der Waals surface area contributed by atoms with Gasteiger partial charge in [0.15, 0.2) is 5.69 Å². The molecule has 0 aliphatic heterocycles. The summed E-state index contributed by atoms with van der Waals surface area (Å²) in [4.78, 5) is 11.6. The van der Waals surface area contributed by atoms with E-state index in [4.69, 9.17) is 0 Å². The molecule has 0 fully saturated rings. The van der Waals surface area contributed by atoms with Gasteiger partial charge in [0.25, 0.3) is 5.91 Å². The quantitative estimate of drug-likeness (QED) is 0.575. The fourth-order valence-corrected chi connectivity index (χ4v) is 1.54. The molecule has 6 heteroatoms. The number of aryl methyl sites for hydroxylation is 2. The number of carbonyl (C=O) groups is 1. The Morgan fingerprint density at radius 2 is 2.26 bits per heavy atom. The van der Waals surface area contributed by atoms with Crippen LogP contribution >= 0.6 is 0 Å². The monoisotopic (exact) mass is 258 g/mol. The maximum Gasteiger partial charge on any atom is 0.291 e. The normalized spacial score (nSPS) is 10.8. The lowest BCUT2D eigenvalue weighted by Crippen LogP contribution is -2.18. The number of amides is 1. The van der Waals surface area contributed by atoms with Crippen molar-refractivity contribution in [3.63, 3.8) is 0 Å². The lowest BCUT2D eigenvalue weighted by molar-refractivity contribution is 0.0950. The SMILES string of the molecule is Cc1cc(C(=O)NN=Cc2cccc(C)c2O)n[nH]1. The van der Waals surface area contributed by atoms with E-state index in [2.05, 4.69) is 20.7 Å². The van der Waals surface area contributed by atoms with Crippen molar-refractivity contribution in [2.75, 3.05) is 0 Å². The molecule has 2 aromatic rings. The van der Waals surface area contributed by atoms with Crippen molar-refractivity contribution in [1.82, 2.24) is 15.6 Å². The van der Waals surface area contributed by atoms with Crippen molar-refractivity contribution in [3.8, 4) is 5.75 Å². The molecule has 1 aromatic carbocycles. The number of nitrogens with one attached hydrogen (secondary N) is 2. The fourth-order valence-electron chi connectivity index (χ4n) is 1.54. The number of rotatable bonds is 3. The first-order chi connectivity index (χ1) is 9.08. The van der Waals surface area contributed by atoms with E-state index in [-0.39, 0.29) is 11.4 Å². The van der Waals surface area contributed by atoms with Gasteiger partial charge in [-0.2, -0.15) is 10.2 Å². The number of hydrogen-bond donors (Lipinski definition) is 3. The van der Waals surface area contributed by atoms with Crippen LogP contribution in [0.5, 0.6) is 5.75 Å². The third kappa shape index (κ3) is 2.98. The van der Waals surface area contributed by atoms with Crippen LogP contribution in [0.3, 0.4) is 0 Å². The fraction of sp³-hybridized carbons (Fsp3) is 0.154. The Kier molecular flexibility index (Phi) is 3.61. The van der Waals surface area contributed by atoms with Crippen LogP contribution in [0, 0.1) is 13.8 Å². The van der Waals surface area contributed by atoms with Gasteiger partial charge in [0.2, 0.25) is 0 Å². The Morgan fingerprint density at radius 1 is 1.47 bits per heavy atom. The molecule has 1 aromatic heterocycles. The number of benzene rings is 1. The van der Waals surface area contributed by atoms with Gasteiger partial charge >= 0.3 is 0 Å². The van der Waals surface area contributed by atoms with Gasteiger partial charge in [-0.05, 0) is 31.5 Å². The zero-order valence-electron chi connectivity index (χ0n) is 10.6. The predicted molar refractivity (Wildman–Crippen MR) is 71.2 cm³/mol. The van der Waals surface area contributed by atoms with Gasteiger partial charge in [-0.3, -0.25) is 9.89 Å². The molecule has 98 valence electrons. The first-order valence-electron chi connectivity index (χ1n) is 5.72. The summed E-state index contributed by atoms with van der Waals surface area (Å²) in [6.45, 7) is 3.59. The van der Waals surface area contributed by atoms with E-state index in [9.17, 15) is 9.90 Å². The molecule has 19 heavy (non-hydrogen) atoms. The zero-order valence-corrected chi connectivity index (χ0v) is 10.6. The molecule has 3 N–H and O–H groups in total. The minimum absolute atomic E-state index is 0.149.